The Morgan fingerprint density at radius 2 is 1.96 bits per heavy atom. The number of rotatable bonds is 3. The van der Waals surface area contributed by atoms with E-state index in [1.165, 1.54) is 37.3 Å². The molecule has 0 atom stereocenters. The van der Waals surface area contributed by atoms with Crippen LogP contribution in [-0.2, 0) is 6.42 Å². The Morgan fingerprint density at radius 3 is 2.74 bits per heavy atom. The molecule has 0 bridgehead atoms. The number of imidazole rings is 1. The summed E-state index contributed by atoms with van der Waals surface area (Å²) >= 11 is 0. The van der Waals surface area contributed by atoms with Gasteiger partial charge in [-0.05, 0) is 51.4 Å². The summed E-state index contributed by atoms with van der Waals surface area (Å²) in [6.07, 6.45) is 8.11. The first kappa shape index (κ1) is 15.0. The first-order chi connectivity index (χ1) is 11.3. The Hall–Kier alpha value is -1.59. The third kappa shape index (κ3) is 3.35. The van der Waals surface area contributed by atoms with E-state index in [4.69, 9.17) is 4.98 Å². The third-order valence-corrected chi connectivity index (χ3v) is 5.31. The molecule has 2 aliphatic rings. The van der Waals surface area contributed by atoms with Gasteiger partial charge in [0.05, 0.1) is 5.69 Å². The number of hydrogen-bond acceptors (Lipinski definition) is 4. The smallest absolute Gasteiger partial charge is 0.139 e. The van der Waals surface area contributed by atoms with Gasteiger partial charge < -0.3 is 19.5 Å². The van der Waals surface area contributed by atoms with E-state index in [0.717, 1.165) is 44.2 Å². The van der Waals surface area contributed by atoms with Crippen LogP contribution in [0.1, 0.15) is 18.5 Å². The van der Waals surface area contributed by atoms with E-state index < -0.39 is 0 Å². The Labute approximate surface area is 138 Å². The molecular formula is C18H27N5. The van der Waals surface area contributed by atoms with Gasteiger partial charge in [-0.15, -0.1) is 0 Å². The standard InChI is InChI=1S/C18H27N5/c1-21-7-2-15(3-8-21)12-16-14-23-9-4-17(13-18(23)20-16)22-10-5-19-6-11-22/h4,9,13-15,19H,2-3,5-8,10-12H2,1H3. The lowest BCUT2D eigenvalue weighted by atomic mass is 9.93. The van der Waals surface area contributed by atoms with Crippen LogP contribution >= 0.6 is 0 Å². The monoisotopic (exact) mass is 313 g/mol. The summed E-state index contributed by atoms with van der Waals surface area (Å²) < 4.78 is 2.18. The number of piperazine rings is 1. The van der Waals surface area contributed by atoms with Crippen molar-refractivity contribution in [1.29, 1.82) is 0 Å². The number of nitrogens with one attached hydrogen (secondary N) is 1. The molecule has 0 spiro atoms. The van der Waals surface area contributed by atoms with Crippen molar-refractivity contribution >= 4 is 11.3 Å². The minimum absolute atomic E-state index is 0.795. The lowest BCUT2D eigenvalue weighted by Gasteiger charge is -2.29. The Kier molecular flexibility index (Phi) is 4.23. The van der Waals surface area contributed by atoms with E-state index in [0.29, 0.717) is 0 Å². The lowest BCUT2D eigenvalue weighted by Crippen LogP contribution is -2.43. The highest BCUT2D eigenvalue weighted by atomic mass is 15.2. The van der Waals surface area contributed by atoms with Crippen LogP contribution in [-0.4, -0.2) is 60.6 Å². The summed E-state index contributed by atoms with van der Waals surface area (Å²) in [6.45, 7) is 6.76. The van der Waals surface area contributed by atoms with Gasteiger partial charge in [0.15, 0.2) is 0 Å². The number of likely N-dealkylation sites (tertiary alicyclic amines) is 1. The Bertz CT molecular complexity index is 650. The highest BCUT2D eigenvalue weighted by Gasteiger charge is 2.18. The van der Waals surface area contributed by atoms with E-state index in [2.05, 4.69) is 51.1 Å². The highest BCUT2D eigenvalue weighted by molar-refractivity contribution is 5.57. The van der Waals surface area contributed by atoms with E-state index in [1.807, 2.05) is 0 Å². The number of piperidine rings is 1. The second-order valence-corrected chi connectivity index (χ2v) is 7.07. The Balaban J connectivity index is 1.49. The van der Waals surface area contributed by atoms with Gasteiger partial charge in [0.25, 0.3) is 0 Å². The van der Waals surface area contributed by atoms with Crippen molar-refractivity contribution in [2.45, 2.75) is 19.3 Å². The summed E-state index contributed by atoms with van der Waals surface area (Å²) in [4.78, 5) is 9.77. The number of nitrogens with zero attached hydrogens (tertiary/aromatic N) is 4. The minimum Gasteiger partial charge on any atom is -0.369 e. The van der Waals surface area contributed by atoms with Crippen molar-refractivity contribution in [2.75, 3.05) is 51.2 Å². The van der Waals surface area contributed by atoms with E-state index in [9.17, 15) is 0 Å². The first-order valence-corrected chi connectivity index (χ1v) is 8.90. The molecule has 0 saturated carbocycles. The molecule has 2 saturated heterocycles. The van der Waals surface area contributed by atoms with E-state index in [-0.39, 0.29) is 0 Å². The molecule has 2 fully saturated rings. The van der Waals surface area contributed by atoms with Crippen molar-refractivity contribution in [2.24, 2.45) is 5.92 Å². The first-order valence-electron chi connectivity index (χ1n) is 8.90. The second-order valence-electron chi connectivity index (χ2n) is 7.07. The number of pyridine rings is 1. The van der Waals surface area contributed by atoms with Crippen molar-refractivity contribution in [3.63, 3.8) is 0 Å². The molecule has 2 aromatic rings. The number of fused-ring (bicyclic) bond motifs is 1. The molecule has 5 heteroatoms. The van der Waals surface area contributed by atoms with E-state index in [1.54, 1.807) is 0 Å². The molecule has 0 radical (unpaired) electrons. The lowest BCUT2D eigenvalue weighted by molar-refractivity contribution is 0.218. The summed E-state index contributed by atoms with van der Waals surface area (Å²) in [7, 11) is 2.22. The van der Waals surface area contributed by atoms with Crippen LogP contribution in [0.4, 0.5) is 5.69 Å². The molecule has 0 aromatic carbocycles. The van der Waals surface area contributed by atoms with Crippen molar-refractivity contribution in [1.82, 2.24) is 19.6 Å². The molecule has 2 aromatic heterocycles. The largest absolute Gasteiger partial charge is 0.369 e. The quantitative estimate of drug-likeness (QED) is 0.934. The Morgan fingerprint density at radius 1 is 1.17 bits per heavy atom. The SMILES string of the molecule is CN1CCC(Cc2cn3ccc(N4CCNCC4)cc3n2)CC1. The zero-order valence-corrected chi connectivity index (χ0v) is 14.0. The fourth-order valence-corrected chi connectivity index (χ4v) is 3.80. The molecule has 0 aliphatic carbocycles. The van der Waals surface area contributed by atoms with Crippen LogP contribution in [0.15, 0.2) is 24.5 Å². The minimum atomic E-state index is 0.795. The topological polar surface area (TPSA) is 35.8 Å². The molecule has 124 valence electrons. The molecule has 5 nitrogen and oxygen atoms in total. The summed E-state index contributed by atoms with van der Waals surface area (Å²) in [6, 6.07) is 4.46. The number of aromatic nitrogens is 2. The normalized spacial score (nSPS) is 21.2. The van der Waals surface area contributed by atoms with Gasteiger partial charge in [-0.3, -0.25) is 0 Å². The van der Waals surface area contributed by atoms with E-state index >= 15 is 0 Å². The van der Waals surface area contributed by atoms with Gasteiger partial charge in [-0.2, -0.15) is 0 Å². The maximum atomic E-state index is 4.89. The average molecular weight is 313 g/mol. The molecule has 4 rings (SSSR count). The van der Waals surface area contributed by atoms with Gasteiger partial charge in [-0.1, -0.05) is 0 Å². The molecule has 1 N–H and O–H groups in total. The van der Waals surface area contributed by atoms with Crippen molar-refractivity contribution in [3.8, 4) is 0 Å². The van der Waals surface area contributed by atoms with Gasteiger partial charge in [0.2, 0.25) is 0 Å². The zero-order chi connectivity index (χ0) is 15.6. The number of anilines is 1. The third-order valence-electron chi connectivity index (χ3n) is 5.31. The predicted molar refractivity (Wildman–Crippen MR) is 94.2 cm³/mol. The van der Waals surface area contributed by atoms with Crippen molar-refractivity contribution < 1.29 is 0 Å². The second kappa shape index (κ2) is 6.49. The molecular weight excluding hydrogens is 286 g/mol. The van der Waals surface area contributed by atoms with Crippen LogP contribution in [0.5, 0.6) is 0 Å². The molecule has 23 heavy (non-hydrogen) atoms. The van der Waals surface area contributed by atoms with Crippen LogP contribution in [0.25, 0.3) is 5.65 Å². The maximum Gasteiger partial charge on any atom is 0.139 e. The van der Waals surface area contributed by atoms with Gasteiger partial charge in [0, 0.05) is 50.3 Å². The fraction of sp³-hybridized carbons (Fsp3) is 0.611. The molecule has 0 unspecified atom stereocenters. The van der Waals surface area contributed by atoms with Gasteiger partial charge >= 0.3 is 0 Å². The highest BCUT2D eigenvalue weighted by Crippen LogP contribution is 2.22. The zero-order valence-electron chi connectivity index (χ0n) is 14.0. The molecule has 2 aliphatic heterocycles. The summed E-state index contributed by atoms with van der Waals surface area (Å²) in [5.74, 6) is 0.795. The van der Waals surface area contributed by atoms with Gasteiger partial charge in [0.1, 0.15) is 5.65 Å². The number of hydrogen-bond donors (Lipinski definition) is 1. The average Bonchev–Trinajstić information content (AvgIpc) is 2.99. The molecule has 0 amide bonds. The summed E-state index contributed by atoms with van der Waals surface area (Å²) in [5.41, 5.74) is 3.64. The predicted octanol–water partition coefficient (Wildman–Crippen LogP) is 1.63. The molecule has 4 heterocycles. The van der Waals surface area contributed by atoms with Crippen LogP contribution in [0.3, 0.4) is 0 Å². The van der Waals surface area contributed by atoms with Crippen LogP contribution in [0.2, 0.25) is 0 Å². The van der Waals surface area contributed by atoms with Gasteiger partial charge in [-0.25, -0.2) is 4.98 Å². The summed E-state index contributed by atoms with van der Waals surface area (Å²) in [5, 5.41) is 3.41. The van der Waals surface area contributed by atoms with Crippen LogP contribution < -0.4 is 10.2 Å². The van der Waals surface area contributed by atoms with Crippen LogP contribution in [0, 0.1) is 5.92 Å². The van der Waals surface area contributed by atoms with Crippen molar-refractivity contribution in [3.05, 3.63) is 30.2 Å². The maximum absolute atomic E-state index is 4.89. The fourth-order valence-electron chi connectivity index (χ4n) is 3.80.